The second kappa shape index (κ2) is 5.15. The minimum absolute atomic E-state index is 0.186. The molecule has 0 aliphatic heterocycles. The van der Waals surface area contributed by atoms with Crippen molar-refractivity contribution in [2.45, 2.75) is 33.1 Å². The van der Waals surface area contributed by atoms with Crippen LogP contribution in [0.5, 0.6) is 0 Å². The van der Waals surface area contributed by atoms with E-state index in [0.29, 0.717) is 0 Å². The van der Waals surface area contributed by atoms with Gasteiger partial charge in [-0.1, -0.05) is 56.4 Å². The van der Waals surface area contributed by atoms with E-state index in [1.54, 1.807) is 11.3 Å². The maximum atomic E-state index is 4.69. The number of para-hydroxylation sites is 1. The van der Waals surface area contributed by atoms with Gasteiger partial charge in [-0.3, -0.25) is 0 Å². The van der Waals surface area contributed by atoms with Crippen molar-refractivity contribution >= 4 is 32.4 Å². The topological polar surface area (TPSA) is 24.9 Å². The summed E-state index contributed by atoms with van der Waals surface area (Å²) in [7, 11) is 0. The van der Waals surface area contributed by atoms with Crippen LogP contribution in [0.25, 0.3) is 10.2 Å². The predicted molar refractivity (Wildman–Crippen MR) is 92.8 cm³/mol. The number of hydrogen-bond acceptors (Lipinski definition) is 3. The molecule has 108 valence electrons. The van der Waals surface area contributed by atoms with Gasteiger partial charge in [0.25, 0.3) is 0 Å². The van der Waals surface area contributed by atoms with Gasteiger partial charge in [-0.25, -0.2) is 4.98 Å². The highest BCUT2D eigenvalue weighted by Gasteiger charge is 2.13. The van der Waals surface area contributed by atoms with Crippen LogP contribution in [0, 0.1) is 6.92 Å². The highest BCUT2D eigenvalue weighted by molar-refractivity contribution is 7.22. The number of nitrogens with zero attached hydrogens (tertiary/aromatic N) is 1. The first-order chi connectivity index (χ1) is 9.93. The summed E-state index contributed by atoms with van der Waals surface area (Å²) >= 11 is 1.69. The molecule has 0 saturated carbocycles. The summed E-state index contributed by atoms with van der Waals surface area (Å²) < 4.78 is 1.23. The molecule has 0 unspecified atom stereocenters. The van der Waals surface area contributed by atoms with Crippen molar-refractivity contribution in [3.63, 3.8) is 0 Å². The molecule has 0 spiro atoms. The van der Waals surface area contributed by atoms with Gasteiger partial charge in [-0.15, -0.1) is 0 Å². The predicted octanol–water partition coefficient (Wildman–Crippen LogP) is 5.65. The monoisotopic (exact) mass is 296 g/mol. The first-order valence-electron chi connectivity index (χ1n) is 7.17. The molecule has 0 bridgehead atoms. The molecule has 0 amide bonds. The smallest absolute Gasteiger partial charge is 0.188 e. The first-order valence-corrected chi connectivity index (χ1v) is 7.99. The third-order valence-electron chi connectivity index (χ3n) is 3.62. The van der Waals surface area contributed by atoms with Gasteiger partial charge in [0, 0.05) is 5.69 Å². The standard InChI is InChI=1S/C18H20N2S/c1-12-6-5-7-15-16(12)20-17(21-15)19-14-10-8-13(9-11-14)18(2,3)4/h5-11H,1-4H3,(H,19,20). The van der Waals surface area contributed by atoms with Crippen molar-refractivity contribution in [3.05, 3.63) is 53.6 Å². The summed E-state index contributed by atoms with van der Waals surface area (Å²) in [6, 6.07) is 14.9. The molecule has 0 aliphatic rings. The number of rotatable bonds is 2. The van der Waals surface area contributed by atoms with Crippen LogP contribution in [0.3, 0.4) is 0 Å². The van der Waals surface area contributed by atoms with Crippen molar-refractivity contribution in [1.82, 2.24) is 4.98 Å². The zero-order valence-corrected chi connectivity index (χ0v) is 13.7. The van der Waals surface area contributed by atoms with Gasteiger partial charge in [0.15, 0.2) is 5.13 Å². The summed E-state index contributed by atoms with van der Waals surface area (Å²) in [6.07, 6.45) is 0. The Morgan fingerprint density at radius 1 is 1.00 bits per heavy atom. The van der Waals surface area contributed by atoms with Crippen LogP contribution in [-0.2, 0) is 5.41 Å². The lowest BCUT2D eigenvalue weighted by atomic mass is 9.87. The van der Waals surface area contributed by atoms with E-state index in [1.165, 1.54) is 15.8 Å². The van der Waals surface area contributed by atoms with Crippen LogP contribution in [0.15, 0.2) is 42.5 Å². The van der Waals surface area contributed by atoms with E-state index in [1.807, 2.05) is 0 Å². The lowest BCUT2D eigenvalue weighted by Gasteiger charge is -2.19. The van der Waals surface area contributed by atoms with E-state index in [2.05, 4.69) is 80.5 Å². The Morgan fingerprint density at radius 3 is 2.33 bits per heavy atom. The summed E-state index contributed by atoms with van der Waals surface area (Å²) in [6.45, 7) is 8.78. The average molecular weight is 296 g/mol. The van der Waals surface area contributed by atoms with Crippen molar-refractivity contribution < 1.29 is 0 Å². The van der Waals surface area contributed by atoms with Crippen LogP contribution >= 0.6 is 11.3 Å². The van der Waals surface area contributed by atoms with Crippen LogP contribution < -0.4 is 5.32 Å². The lowest BCUT2D eigenvalue weighted by Crippen LogP contribution is -2.10. The summed E-state index contributed by atoms with van der Waals surface area (Å²) in [5.41, 5.74) is 4.93. The number of thiazole rings is 1. The van der Waals surface area contributed by atoms with Gasteiger partial charge in [0.1, 0.15) is 0 Å². The molecule has 1 N–H and O–H groups in total. The van der Waals surface area contributed by atoms with Gasteiger partial charge >= 0.3 is 0 Å². The maximum absolute atomic E-state index is 4.69. The Kier molecular flexibility index (Phi) is 3.46. The van der Waals surface area contributed by atoms with E-state index in [-0.39, 0.29) is 5.41 Å². The molecule has 3 aromatic rings. The molecule has 0 fully saturated rings. The fourth-order valence-electron chi connectivity index (χ4n) is 2.32. The van der Waals surface area contributed by atoms with E-state index in [4.69, 9.17) is 0 Å². The Hall–Kier alpha value is -1.87. The number of nitrogens with one attached hydrogen (secondary N) is 1. The number of anilines is 2. The van der Waals surface area contributed by atoms with Crippen LogP contribution in [0.1, 0.15) is 31.9 Å². The SMILES string of the molecule is Cc1cccc2sc(Nc3ccc(C(C)(C)C)cc3)nc12. The molecular formula is C18H20N2S. The van der Waals surface area contributed by atoms with Crippen LogP contribution in [0.2, 0.25) is 0 Å². The molecular weight excluding hydrogens is 276 g/mol. The van der Waals surface area contributed by atoms with Gasteiger partial charge in [0.2, 0.25) is 0 Å². The number of aryl methyl sites for hydroxylation is 1. The third kappa shape index (κ3) is 2.93. The Labute approximate surface area is 129 Å². The van der Waals surface area contributed by atoms with Crippen molar-refractivity contribution in [2.24, 2.45) is 0 Å². The molecule has 0 aliphatic carbocycles. The van der Waals surface area contributed by atoms with Gasteiger partial charge in [-0.2, -0.15) is 0 Å². The average Bonchev–Trinajstić information content (AvgIpc) is 2.82. The minimum Gasteiger partial charge on any atom is -0.332 e. The Morgan fingerprint density at radius 2 is 1.71 bits per heavy atom. The van der Waals surface area contributed by atoms with E-state index < -0.39 is 0 Å². The van der Waals surface area contributed by atoms with E-state index in [0.717, 1.165) is 16.3 Å². The van der Waals surface area contributed by atoms with Crippen LogP contribution in [-0.4, -0.2) is 4.98 Å². The molecule has 21 heavy (non-hydrogen) atoms. The molecule has 0 saturated heterocycles. The second-order valence-electron chi connectivity index (χ2n) is 6.39. The van der Waals surface area contributed by atoms with E-state index in [9.17, 15) is 0 Å². The van der Waals surface area contributed by atoms with E-state index >= 15 is 0 Å². The Balaban J connectivity index is 1.87. The van der Waals surface area contributed by atoms with Gasteiger partial charge < -0.3 is 5.32 Å². The van der Waals surface area contributed by atoms with Gasteiger partial charge in [0.05, 0.1) is 10.2 Å². The zero-order valence-electron chi connectivity index (χ0n) is 12.9. The minimum atomic E-state index is 0.186. The molecule has 0 radical (unpaired) electrons. The highest BCUT2D eigenvalue weighted by atomic mass is 32.1. The molecule has 3 rings (SSSR count). The molecule has 3 heteroatoms. The molecule has 0 atom stereocenters. The molecule has 1 aromatic heterocycles. The number of hydrogen-bond donors (Lipinski definition) is 1. The lowest BCUT2D eigenvalue weighted by molar-refractivity contribution is 0.590. The fourth-order valence-corrected chi connectivity index (χ4v) is 3.28. The summed E-state index contributed by atoms with van der Waals surface area (Å²) in [4.78, 5) is 4.69. The van der Waals surface area contributed by atoms with Crippen molar-refractivity contribution in [2.75, 3.05) is 5.32 Å². The second-order valence-corrected chi connectivity index (χ2v) is 7.42. The normalized spacial score (nSPS) is 11.8. The highest BCUT2D eigenvalue weighted by Crippen LogP contribution is 2.30. The molecule has 2 aromatic carbocycles. The summed E-state index contributed by atoms with van der Waals surface area (Å²) in [5.74, 6) is 0. The Bertz CT molecular complexity index is 764. The largest absolute Gasteiger partial charge is 0.332 e. The van der Waals surface area contributed by atoms with Gasteiger partial charge in [-0.05, 0) is 41.7 Å². The first kappa shape index (κ1) is 14.1. The zero-order chi connectivity index (χ0) is 15.0. The number of aromatic nitrogens is 1. The fraction of sp³-hybridized carbons (Fsp3) is 0.278. The maximum Gasteiger partial charge on any atom is 0.188 e. The molecule has 2 nitrogen and oxygen atoms in total. The molecule has 1 heterocycles. The number of fused-ring (bicyclic) bond motifs is 1. The number of benzene rings is 2. The van der Waals surface area contributed by atoms with Crippen molar-refractivity contribution in [1.29, 1.82) is 0 Å². The quantitative estimate of drug-likeness (QED) is 0.661. The third-order valence-corrected chi connectivity index (χ3v) is 4.56. The summed E-state index contributed by atoms with van der Waals surface area (Å²) in [5, 5.41) is 4.35. The van der Waals surface area contributed by atoms with Crippen molar-refractivity contribution in [3.8, 4) is 0 Å². The van der Waals surface area contributed by atoms with Crippen LogP contribution in [0.4, 0.5) is 10.8 Å².